The van der Waals surface area contributed by atoms with Crippen LogP contribution >= 0.6 is 0 Å². The first-order valence-electron chi connectivity index (χ1n) is 8.90. The summed E-state index contributed by atoms with van der Waals surface area (Å²) in [6.45, 7) is 5.18. The van der Waals surface area contributed by atoms with Gasteiger partial charge in [-0.3, -0.25) is 14.5 Å². The highest BCUT2D eigenvalue weighted by Crippen LogP contribution is 2.45. The number of benzene rings is 2. The predicted molar refractivity (Wildman–Crippen MR) is 105 cm³/mol. The molecule has 0 saturated heterocycles. The lowest BCUT2D eigenvalue weighted by Crippen LogP contribution is -2.32. The lowest BCUT2D eigenvalue weighted by molar-refractivity contribution is -0.123. The van der Waals surface area contributed by atoms with Crippen molar-refractivity contribution in [1.82, 2.24) is 0 Å². The maximum Gasteiger partial charge on any atom is 0.294 e. The van der Waals surface area contributed by atoms with Crippen molar-refractivity contribution in [3.05, 3.63) is 65.4 Å². The van der Waals surface area contributed by atoms with Gasteiger partial charge >= 0.3 is 0 Å². The average Bonchev–Trinajstić information content (AvgIpc) is 2.92. The van der Waals surface area contributed by atoms with Crippen molar-refractivity contribution in [3.63, 3.8) is 0 Å². The molecule has 0 fully saturated rings. The van der Waals surface area contributed by atoms with E-state index in [1.165, 1.54) is 18.1 Å². The Balaban J connectivity index is 2.25. The second-order valence-corrected chi connectivity index (χ2v) is 7.68. The van der Waals surface area contributed by atoms with Crippen molar-refractivity contribution < 1.29 is 24.5 Å². The highest BCUT2D eigenvalue weighted by molar-refractivity contribution is 6.17. The Hall–Kier alpha value is -3.28. The third-order valence-electron chi connectivity index (χ3n) is 4.68. The third kappa shape index (κ3) is 3.22. The fraction of sp³-hybridized carbons (Fsp3) is 0.273. The normalized spacial score (nSPS) is 17.2. The van der Waals surface area contributed by atoms with Crippen molar-refractivity contribution in [1.29, 1.82) is 0 Å². The minimum atomic E-state index is -0.886. The van der Waals surface area contributed by atoms with E-state index in [9.17, 15) is 19.8 Å². The molecule has 0 aliphatic carbocycles. The number of hydrogen-bond donors (Lipinski definition) is 2. The second-order valence-electron chi connectivity index (χ2n) is 7.68. The smallest absolute Gasteiger partial charge is 0.294 e. The standard InChI is InChI=1S/C22H23NO5/c1-22(2,3)20(26)17-18(13-8-7-9-14(12-13)28-4)23(21(27)19(17)25)15-10-5-6-11-16(15)24/h5-12,18,24-25H,1-4H3. The zero-order valence-electron chi connectivity index (χ0n) is 16.3. The number of aromatic hydroxyl groups is 1. The molecule has 6 nitrogen and oxygen atoms in total. The number of para-hydroxylation sites is 2. The summed E-state index contributed by atoms with van der Waals surface area (Å²) in [7, 11) is 1.52. The summed E-state index contributed by atoms with van der Waals surface area (Å²) < 4.78 is 5.28. The van der Waals surface area contributed by atoms with Crippen LogP contribution in [0.5, 0.6) is 11.5 Å². The Morgan fingerprint density at radius 1 is 1.07 bits per heavy atom. The molecular weight excluding hydrogens is 358 g/mol. The van der Waals surface area contributed by atoms with Crippen LogP contribution < -0.4 is 9.64 Å². The van der Waals surface area contributed by atoms with Crippen LogP contribution in [0.2, 0.25) is 0 Å². The van der Waals surface area contributed by atoms with E-state index in [-0.39, 0.29) is 22.8 Å². The number of ketones is 1. The topological polar surface area (TPSA) is 87.1 Å². The van der Waals surface area contributed by atoms with Gasteiger partial charge in [0.05, 0.1) is 24.4 Å². The van der Waals surface area contributed by atoms with Crippen molar-refractivity contribution in [2.75, 3.05) is 12.0 Å². The number of aliphatic hydroxyl groups is 1. The van der Waals surface area contributed by atoms with Crippen LogP contribution in [0.4, 0.5) is 5.69 Å². The van der Waals surface area contributed by atoms with E-state index >= 15 is 0 Å². The number of Topliss-reactive ketones (excluding diaryl/α,β-unsaturated/α-hetero) is 1. The van der Waals surface area contributed by atoms with E-state index in [1.807, 2.05) is 0 Å². The molecule has 0 radical (unpaired) electrons. The van der Waals surface area contributed by atoms with Gasteiger partial charge in [-0.05, 0) is 29.8 Å². The quantitative estimate of drug-likeness (QED) is 0.838. The third-order valence-corrected chi connectivity index (χ3v) is 4.68. The van der Waals surface area contributed by atoms with Crippen LogP contribution in [0.15, 0.2) is 59.9 Å². The zero-order valence-corrected chi connectivity index (χ0v) is 16.3. The number of ether oxygens (including phenoxy) is 1. The van der Waals surface area contributed by atoms with Crippen molar-refractivity contribution >= 4 is 17.4 Å². The highest BCUT2D eigenvalue weighted by atomic mass is 16.5. The number of carbonyl (C=O) groups excluding carboxylic acids is 2. The van der Waals surface area contributed by atoms with Crippen LogP contribution in [0.25, 0.3) is 0 Å². The number of rotatable bonds is 4. The van der Waals surface area contributed by atoms with Gasteiger partial charge in [-0.25, -0.2) is 0 Å². The van der Waals surface area contributed by atoms with Crippen LogP contribution in [0.1, 0.15) is 32.4 Å². The molecule has 2 N–H and O–H groups in total. The number of phenolic OH excluding ortho intramolecular Hbond substituents is 1. The second kappa shape index (κ2) is 7.03. The first kappa shape index (κ1) is 19.5. The van der Waals surface area contributed by atoms with Gasteiger partial charge in [0.2, 0.25) is 0 Å². The predicted octanol–water partition coefficient (Wildman–Crippen LogP) is 3.92. The summed E-state index contributed by atoms with van der Waals surface area (Å²) in [6.07, 6.45) is 0. The van der Waals surface area contributed by atoms with Gasteiger partial charge in [-0.2, -0.15) is 0 Å². The lowest BCUT2D eigenvalue weighted by Gasteiger charge is -2.29. The molecule has 3 rings (SSSR count). The number of methoxy groups -OCH3 is 1. The molecule has 6 heteroatoms. The first-order valence-corrected chi connectivity index (χ1v) is 8.90. The molecule has 0 saturated carbocycles. The Kier molecular flexibility index (Phi) is 4.89. The molecule has 0 bridgehead atoms. The van der Waals surface area contributed by atoms with Gasteiger partial charge in [0, 0.05) is 5.41 Å². The minimum absolute atomic E-state index is 0.00834. The van der Waals surface area contributed by atoms with E-state index in [0.29, 0.717) is 11.3 Å². The van der Waals surface area contributed by atoms with Crippen LogP contribution in [0, 0.1) is 5.41 Å². The Morgan fingerprint density at radius 2 is 1.75 bits per heavy atom. The highest BCUT2D eigenvalue weighted by Gasteiger charge is 2.47. The number of aliphatic hydroxyl groups excluding tert-OH is 1. The van der Waals surface area contributed by atoms with Crippen molar-refractivity contribution in [2.24, 2.45) is 5.41 Å². The van der Waals surface area contributed by atoms with E-state index in [1.54, 1.807) is 63.2 Å². The first-order chi connectivity index (χ1) is 13.2. The summed E-state index contributed by atoms with van der Waals surface area (Å²) >= 11 is 0. The maximum atomic E-state index is 13.1. The number of hydrogen-bond acceptors (Lipinski definition) is 5. The molecule has 1 unspecified atom stereocenters. The summed E-state index contributed by atoms with van der Waals surface area (Å²) in [5, 5.41) is 20.9. The van der Waals surface area contributed by atoms with E-state index in [0.717, 1.165) is 0 Å². The summed E-state index contributed by atoms with van der Waals surface area (Å²) in [5.74, 6) is -1.25. The molecular formula is C22H23NO5. The van der Waals surface area contributed by atoms with Gasteiger partial charge in [0.15, 0.2) is 11.5 Å². The van der Waals surface area contributed by atoms with E-state index in [2.05, 4.69) is 0 Å². The molecule has 146 valence electrons. The zero-order chi connectivity index (χ0) is 20.6. The monoisotopic (exact) mass is 381 g/mol. The Labute approximate surface area is 163 Å². The number of amides is 1. The number of anilines is 1. The van der Waals surface area contributed by atoms with Crippen LogP contribution in [0.3, 0.4) is 0 Å². The lowest BCUT2D eigenvalue weighted by atomic mass is 9.82. The minimum Gasteiger partial charge on any atom is -0.506 e. The molecule has 28 heavy (non-hydrogen) atoms. The number of carbonyl (C=O) groups is 2. The Bertz CT molecular complexity index is 971. The SMILES string of the molecule is COc1cccc(C2C(C(=O)C(C)(C)C)=C(O)C(=O)N2c2ccccc2O)c1. The number of nitrogens with zero attached hydrogens (tertiary/aromatic N) is 1. The molecule has 1 aliphatic rings. The van der Waals surface area contributed by atoms with Crippen molar-refractivity contribution in [3.8, 4) is 11.5 Å². The molecule has 2 aromatic rings. The number of phenols is 1. The largest absolute Gasteiger partial charge is 0.506 e. The van der Waals surface area contributed by atoms with Crippen LogP contribution in [-0.2, 0) is 9.59 Å². The fourth-order valence-corrected chi connectivity index (χ4v) is 3.28. The van der Waals surface area contributed by atoms with Gasteiger partial charge in [-0.15, -0.1) is 0 Å². The molecule has 0 spiro atoms. The summed E-state index contributed by atoms with van der Waals surface area (Å²) in [6, 6.07) is 12.4. The molecule has 0 aromatic heterocycles. The maximum absolute atomic E-state index is 13.1. The molecule has 1 aliphatic heterocycles. The molecule has 1 atom stereocenters. The fourth-order valence-electron chi connectivity index (χ4n) is 3.28. The van der Waals surface area contributed by atoms with E-state index in [4.69, 9.17) is 4.74 Å². The van der Waals surface area contributed by atoms with E-state index < -0.39 is 23.1 Å². The molecule has 2 aromatic carbocycles. The van der Waals surface area contributed by atoms with Gasteiger partial charge < -0.3 is 14.9 Å². The van der Waals surface area contributed by atoms with Gasteiger partial charge in [-0.1, -0.05) is 45.0 Å². The molecule has 1 amide bonds. The Morgan fingerprint density at radius 3 is 2.36 bits per heavy atom. The summed E-state index contributed by atoms with van der Waals surface area (Å²) in [4.78, 5) is 27.3. The average molecular weight is 381 g/mol. The van der Waals surface area contributed by atoms with Crippen molar-refractivity contribution in [2.45, 2.75) is 26.8 Å². The molecule has 1 heterocycles. The summed E-state index contributed by atoms with van der Waals surface area (Å²) in [5.41, 5.74) is 0.000293. The van der Waals surface area contributed by atoms with Crippen LogP contribution in [-0.4, -0.2) is 29.0 Å². The van der Waals surface area contributed by atoms with Gasteiger partial charge in [0.25, 0.3) is 5.91 Å². The van der Waals surface area contributed by atoms with Gasteiger partial charge in [0.1, 0.15) is 11.5 Å².